The Labute approximate surface area is 318 Å². The van der Waals surface area contributed by atoms with Crippen molar-refractivity contribution in [1.29, 1.82) is 0 Å². The van der Waals surface area contributed by atoms with Crippen LogP contribution in [0.3, 0.4) is 0 Å². The number of halogens is 3. The fraction of sp³-hybridized carbons (Fsp3) is 0.538. The van der Waals surface area contributed by atoms with Gasteiger partial charge in [-0.25, -0.2) is 0 Å². The van der Waals surface area contributed by atoms with E-state index in [0.29, 0.717) is 19.8 Å². The first-order chi connectivity index (χ1) is 22.9. The molecule has 0 radical (unpaired) electrons. The van der Waals surface area contributed by atoms with E-state index in [-0.39, 0.29) is 0 Å². The van der Waals surface area contributed by atoms with Gasteiger partial charge in [-0.05, 0) is 38.5 Å². The molecule has 0 fully saturated rings. The van der Waals surface area contributed by atoms with E-state index < -0.39 is 18.4 Å². The van der Waals surface area contributed by atoms with Crippen LogP contribution in [-0.4, -0.2) is 54.2 Å². The molecule has 3 nitrogen and oxygen atoms in total. The number of rotatable bonds is 25. The Kier molecular flexibility index (Phi) is 20.8. The van der Waals surface area contributed by atoms with Gasteiger partial charge in [0, 0.05) is 16.0 Å². The Morgan fingerprint density at radius 3 is 1.49 bits per heavy atom. The summed E-state index contributed by atoms with van der Waals surface area (Å²) in [5.74, 6) is 2.33. The number of alkyl halides is 3. The van der Waals surface area contributed by atoms with Crippen molar-refractivity contribution in [3.05, 3.63) is 59.7 Å². The summed E-state index contributed by atoms with van der Waals surface area (Å²) in [5, 5.41) is 3.18. The Morgan fingerprint density at radius 2 is 1.02 bits per heavy atom. The molecule has 3 aromatic rings. The van der Waals surface area contributed by atoms with Gasteiger partial charge in [-0.1, -0.05) is 86.3 Å². The third kappa shape index (κ3) is 15.9. The zero-order valence-electron chi connectivity index (χ0n) is 28.8. The minimum atomic E-state index is -2.05. The summed E-state index contributed by atoms with van der Waals surface area (Å²) in [5.41, 5.74) is 3.53. The summed E-state index contributed by atoms with van der Waals surface area (Å²) in [7, 11) is 0. The van der Waals surface area contributed by atoms with Gasteiger partial charge in [0.1, 0.15) is 0 Å². The number of thiophene rings is 1. The molecule has 0 unspecified atom stereocenters. The molecule has 0 aliphatic rings. The summed E-state index contributed by atoms with van der Waals surface area (Å²) < 4.78 is 20.9. The second kappa shape index (κ2) is 23.8. The fourth-order valence-electron chi connectivity index (χ4n) is 5.09. The van der Waals surface area contributed by atoms with Gasteiger partial charge in [0.15, 0.2) is 0 Å². The predicted octanol–water partition coefficient (Wildman–Crippen LogP) is 13.1. The molecule has 47 heavy (non-hydrogen) atoms. The van der Waals surface area contributed by atoms with Crippen molar-refractivity contribution in [3.63, 3.8) is 0 Å². The van der Waals surface area contributed by atoms with E-state index >= 15 is 0 Å². The van der Waals surface area contributed by atoms with Crippen LogP contribution in [-0.2, 0) is 0 Å². The summed E-state index contributed by atoms with van der Waals surface area (Å²) in [4.78, 5) is 8.81. The normalized spacial score (nSPS) is 11.8. The average Bonchev–Trinajstić information content (AvgIpc) is 3.57. The van der Waals surface area contributed by atoms with Crippen molar-refractivity contribution >= 4 is 92.5 Å². The van der Waals surface area contributed by atoms with Crippen LogP contribution in [0.1, 0.15) is 88.2 Å². The molecule has 0 spiro atoms. The van der Waals surface area contributed by atoms with Gasteiger partial charge in [-0.2, -0.15) is 0 Å². The molecule has 0 N–H and O–H groups in total. The molecular weight excluding hydrogens is 907 g/mol. The second-order valence-corrected chi connectivity index (χ2v) is 31.9. The van der Waals surface area contributed by atoms with Crippen LogP contribution in [0.5, 0.6) is 17.2 Å². The van der Waals surface area contributed by atoms with Crippen LogP contribution in [0.2, 0.25) is 14.8 Å². The second-order valence-electron chi connectivity index (χ2n) is 13.1. The number of hydrogen-bond donors (Lipinski definition) is 0. The van der Waals surface area contributed by atoms with Gasteiger partial charge in [-0.3, -0.25) is 0 Å². The summed E-state index contributed by atoms with van der Waals surface area (Å²) in [6.45, 7) is 2.01. The van der Waals surface area contributed by atoms with Crippen molar-refractivity contribution in [1.82, 2.24) is 0 Å². The molecule has 0 bridgehead atoms. The SMILES string of the molecule is [CH3][Sn]([CH3])([CH3])[c]1ccc(-c2ccc(C=Cc3cc(OCCCCCCBr)c(OCCCCCCBr)c(OCCCCCCBr)c3)cc2)s1. The first-order valence-electron chi connectivity index (χ1n) is 17.5. The van der Waals surface area contributed by atoms with Crippen molar-refractivity contribution in [3.8, 4) is 27.7 Å². The van der Waals surface area contributed by atoms with Crippen LogP contribution < -0.4 is 17.1 Å². The molecule has 0 saturated carbocycles. The van der Waals surface area contributed by atoms with Gasteiger partial charge in [-0.15, -0.1) is 0 Å². The van der Waals surface area contributed by atoms with Crippen molar-refractivity contribution < 1.29 is 14.2 Å². The molecule has 1 aromatic heterocycles. The number of ether oxygens (including phenoxy) is 3. The molecule has 0 aliphatic heterocycles. The quantitative estimate of drug-likeness (QED) is 0.0367. The Morgan fingerprint density at radius 1 is 0.553 bits per heavy atom. The molecule has 2 aromatic carbocycles. The number of unbranched alkanes of at least 4 members (excludes halogenated alkanes) is 9. The zero-order chi connectivity index (χ0) is 33.7. The number of benzene rings is 2. The van der Waals surface area contributed by atoms with Crippen molar-refractivity contribution in [2.75, 3.05) is 35.8 Å². The van der Waals surface area contributed by atoms with Crippen LogP contribution in [0.15, 0.2) is 48.5 Å². The maximum atomic E-state index is 6.44. The first-order valence-corrected chi connectivity index (χ1v) is 31.7. The molecule has 0 aliphatic carbocycles. The van der Waals surface area contributed by atoms with Crippen LogP contribution in [0, 0.1) is 0 Å². The summed E-state index contributed by atoms with van der Waals surface area (Å²) >= 11 is 10.6. The van der Waals surface area contributed by atoms with Gasteiger partial charge in [0.05, 0.1) is 19.8 Å². The minimum absolute atomic E-state index is 0.665. The topological polar surface area (TPSA) is 27.7 Å². The summed E-state index contributed by atoms with van der Waals surface area (Å²) in [6, 6.07) is 17.8. The van der Waals surface area contributed by atoms with E-state index in [4.69, 9.17) is 14.2 Å². The molecule has 3 rings (SSSR count). The van der Waals surface area contributed by atoms with Gasteiger partial charge in [0.2, 0.25) is 5.75 Å². The van der Waals surface area contributed by atoms with Crippen LogP contribution in [0.4, 0.5) is 0 Å². The first kappa shape index (κ1) is 40.9. The third-order valence-electron chi connectivity index (χ3n) is 7.90. The molecule has 260 valence electrons. The van der Waals surface area contributed by atoms with Crippen molar-refractivity contribution in [2.24, 2.45) is 0 Å². The van der Waals surface area contributed by atoms with Gasteiger partial charge >= 0.3 is 141 Å². The summed E-state index contributed by atoms with van der Waals surface area (Å²) in [6.07, 6.45) is 18.1. The Balaban J connectivity index is 1.80. The Hall–Kier alpha value is -0.481. The van der Waals surface area contributed by atoms with Gasteiger partial charge < -0.3 is 14.2 Å². The van der Waals surface area contributed by atoms with E-state index in [2.05, 4.69) is 123 Å². The number of hydrogen-bond acceptors (Lipinski definition) is 4. The predicted molar refractivity (Wildman–Crippen MR) is 221 cm³/mol. The fourth-order valence-corrected chi connectivity index (χ4v) is 12.6. The van der Waals surface area contributed by atoms with E-state index in [9.17, 15) is 0 Å². The zero-order valence-corrected chi connectivity index (χ0v) is 37.2. The Bertz CT molecular complexity index is 1270. The molecular formula is C39H55Br3O3SSn. The van der Waals surface area contributed by atoms with E-state index in [0.717, 1.165) is 77.3 Å². The van der Waals surface area contributed by atoms with Gasteiger partial charge in [0.25, 0.3) is 0 Å². The van der Waals surface area contributed by atoms with E-state index in [1.54, 1.807) is 2.89 Å². The monoisotopic (exact) mass is 960 g/mol. The molecule has 0 saturated heterocycles. The third-order valence-corrected chi connectivity index (χ3v) is 20.2. The molecule has 1 heterocycles. The van der Waals surface area contributed by atoms with Crippen LogP contribution in [0.25, 0.3) is 22.6 Å². The van der Waals surface area contributed by atoms with E-state index in [1.165, 1.54) is 54.5 Å². The molecule has 8 heteroatoms. The average molecular weight is 962 g/mol. The van der Waals surface area contributed by atoms with Crippen LogP contribution >= 0.6 is 59.1 Å². The standard InChI is InChI=1S/C36H46Br3O3S.3CH3.Sn/c37-21-7-1-4-10-24-40-33-28-31(16-15-30-17-19-32(20-18-30)35-14-13-27-43-35)29-34(41-25-11-5-2-8-22-38)36(33)42-26-12-6-3-9-23-39;;;;/h13-20,28-29H,1-12,21-26H2;3*1H3;. The molecule has 0 atom stereocenters. The van der Waals surface area contributed by atoms with E-state index in [1.807, 2.05) is 11.3 Å². The molecule has 0 amide bonds. The van der Waals surface area contributed by atoms with Crippen molar-refractivity contribution in [2.45, 2.75) is 91.9 Å². The maximum absolute atomic E-state index is 6.44.